The SMILES string of the molecule is CC(N)C(=O)Cc1ccc(C(C)(C)C)cc1. The fourth-order valence-electron chi connectivity index (χ4n) is 1.48. The summed E-state index contributed by atoms with van der Waals surface area (Å²) in [6, 6.07) is 7.83. The second-order valence-electron chi connectivity index (χ2n) is 5.38. The third-order valence-corrected chi connectivity index (χ3v) is 2.71. The van der Waals surface area contributed by atoms with Gasteiger partial charge >= 0.3 is 0 Å². The van der Waals surface area contributed by atoms with E-state index >= 15 is 0 Å². The zero-order valence-corrected chi connectivity index (χ0v) is 10.6. The molecule has 0 heterocycles. The summed E-state index contributed by atoms with van der Waals surface area (Å²) in [5.41, 5.74) is 8.01. The van der Waals surface area contributed by atoms with Crippen LogP contribution in [0.4, 0.5) is 0 Å². The van der Waals surface area contributed by atoms with Crippen LogP contribution in [0.25, 0.3) is 0 Å². The molecule has 0 aliphatic carbocycles. The molecule has 1 aromatic rings. The summed E-state index contributed by atoms with van der Waals surface area (Å²) >= 11 is 0. The first-order valence-electron chi connectivity index (χ1n) is 5.68. The van der Waals surface area contributed by atoms with Crippen molar-refractivity contribution in [3.63, 3.8) is 0 Å². The average molecular weight is 219 g/mol. The Labute approximate surface area is 97.9 Å². The largest absolute Gasteiger partial charge is 0.322 e. The van der Waals surface area contributed by atoms with Crippen LogP contribution in [0.15, 0.2) is 24.3 Å². The summed E-state index contributed by atoms with van der Waals surface area (Å²) < 4.78 is 0. The zero-order valence-electron chi connectivity index (χ0n) is 10.6. The molecule has 0 saturated heterocycles. The molecule has 88 valence electrons. The third kappa shape index (κ3) is 3.46. The Balaban J connectivity index is 2.76. The van der Waals surface area contributed by atoms with Crippen LogP contribution in [-0.4, -0.2) is 11.8 Å². The van der Waals surface area contributed by atoms with Crippen molar-refractivity contribution in [2.75, 3.05) is 0 Å². The molecule has 2 N–H and O–H groups in total. The molecule has 2 heteroatoms. The van der Waals surface area contributed by atoms with Crippen molar-refractivity contribution in [2.24, 2.45) is 5.73 Å². The van der Waals surface area contributed by atoms with Crippen LogP contribution in [0.3, 0.4) is 0 Å². The maximum atomic E-state index is 11.5. The van der Waals surface area contributed by atoms with E-state index in [1.165, 1.54) is 5.56 Å². The van der Waals surface area contributed by atoms with Crippen molar-refractivity contribution in [2.45, 2.75) is 45.6 Å². The summed E-state index contributed by atoms with van der Waals surface area (Å²) in [5, 5.41) is 0. The highest BCUT2D eigenvalue weighted by Gasteiger charge is 2.14. The maximum absolute atomic E-state index is 11.5. The molecule has 1 atom stereocenters. The highest BCUT2D eigenvalue weighted by molar-refractivity contribution is 5.85. The second-order valence-corrected chi connectivity index (χ2v) is 5.38. The van der Waals surface area contributed by atoms with E-state index in [-0.39, 0.29) is 17.2 Å². The van der Waals surface area contributed by atoms with E-state index in [9.17, 15) is 4.79 Å². The lowest BCUT2D eigenvalue weighted by Gasteiger charge is -2.19. The van der Waals surface area contributed by atoms with Crippen molar-refractivity contribution >= 4 is 5.78 Å². The van der Waals surface area contributed by atoms with Crippen LogP contribution in [0.2, 0.25) is 0 Å². The van der Waals surface area contributed by atoms with Gasteiger partial charge in [-0.05, 0) is 23.5 Å². The normalized spacial score (nSPS) is 13.6. The smallest absolute Gasteiger partial charge is 0.153 e. The fourth-order valence-corrected chi connectivity index (χ4v) is 1.48. The second kappa shape index (κ2) is 4.79. The summed E-state index contributed by atoms with van der Waals surface area (Å²) in [4.78, 5) is 11.5. The third-order valence-electron chi connectivity index (χ3n) is 2.71. The van der Waals surface area contributed by atoms with Gasteiger partial charge in [0.05, 0.1) is 6.04 Å². The fraction of sp³-hybridized carbons (Fsp3) is 0.500. The molecule has 0 aliphatic heterocycles. The summed E-state index contributed by atoms with van der Waals surface area (Å²) in [6.07, 6.45) is 0.433. The minimum absolute atomic E-state index is 0.0866. The number of hydrogen-bond donors (Lipinski definition) is 1. The van der Waals surface area contributed by atoms with E-state index in [0.717, 1.165) is 5.56 Å². The molecule has 0 aromatic heterocycles. The van der Waals surface area contributed by atoms with Crippen molar-refractivity contribution in [3.05, 3.63) is 35.4 Å². The molecule has 1 aromatic carbocycles. The van der Waals surface area contributed by atoms with Gasteiger partial charge in [-0.3, -0.25) is 4.79 Å². The number of Topliss-reactive ketones (excluding diaryl/α,β-unsaturated/α-hetero) is 1. The Morgan fingerprint density at radius 2 is 1.75 bits per heavy atom. The minimum Gasteiger partial charge on any atom is -0.322 e. The maximum Gasteiger partial charge on any atom is 0.153 e. The lowest BCUT2D eigenvalue weighted by atomic mass is 9.86. The first kappa shape index (κ1) is 12.9. The molecule has 0 bridgehead atoms. The van der Waals surface area contributed by atoms with Crippen LogP contribution < -0.4 is 5.73 Å². The highest BCUT2D eigenvalue weighted by atomic mass is 16.1. The van der Waals surface area contributed by atoms with Gasteiger partial charge in [-0.1, -0.05) is 45.0 Å². The number of nitrogens with two attached hydrogens (primary N) is 1. The van der Waals surface area contributed by atoms with Crippen LogP contribution >= 0.6 is 0 Å². The number of hydrogen-bond acceptors (Lipinski definition) is 2. The Kier molecular flexibility index (Phi) is 3.87. The molecule has 2 nitrogen and oxygen atoms in total. The molecule has 0 amide bonds. The zero-order chi connectivity index (χ0) is 12.3. The van der Waals surface area contributed by atoms with Gasteiger partial charge in [0.1, 0.15) is 0 Å². The predicted molar refractivity (Wildman–Crippen MR) is 67.5 cm³/mol. The van der Waals surface area contributed by atoms with Crippen molar-refractivity contribution in [1.29, 1.82) is 0 Å². The molecule has 0 fully saturated rings. The van der Waals surface area contributed by atoms with E-state index in [1.54, 1.807) is 6.92 Å². The van der Waals surface area contributed by atoms with Gasteiger partial charge in [0, 0.05) is 6.42 Å². The van der Waals surface area contributed by atoms with Crippen LogP contribution in [0.5, 0.6) is 0 Å². The molecule has 0 saturated carbocycles. The van der Waals surface area contributed by atoms with Crippen molar-refractivity contribution in [1.82, 2.24) is 0 Å². The lowest BCUT2D eigenvalue weighted by Crippen LogP contribution is -2.28. The summed E-state index contributed by atoms with van der Waals surface area (Å²) in [5.74, 6) is 0.0866. The Morgan fingerprint density at radius 1 is 1.25 bits per heavy atom. The monoisotopic (exact) mass is 219 g/mol. The van der Waals surface area contributed by atoms with Gasteiger partial charge in [0.2, 0.25) is 0 Å². The van der Waals surface area contributed by atoms with E-state index < -0.39 is 0 Å². The van der Waals surface area contributed by atoms with Crippen LogP contribution in [0.1, 0.15) is 38.8 Å². The number of benzene rings is 1. The average Bonchev–Trinajstić information content (AvgIpc) is 2.17. The summed E-state index contributed by atoms with van der Waals surface area (Å²) in [7, 11) is 0. The van der Waals surface area contributed by atoms with Crippen LogP contribution in [0, 0.1) is 0 Å². The first-order chi connectivity index (χ1) is 7.30. The van der Waals surface area contributed by atoms with Crippen LogP contribution in [-0.2, 0) is 16.6 Å². The Hall–Kier alpha value is -1.15. The van der Waals surface area contributed by atoms with Gasteiger partial charge in [0.25, 0.3) is 0 Å². The van der Waals surface area contributed by atoms with E-state index in [0.29, 0.717) is 6.42 Å². The molecule has 1 unspecified atom stereocenters. The Morgan fingerprint density at radius 3 is 2.12 bits per heavy atom. The lowest BCUT2D eigenvalue weighted by molar-refractivity contribution is -0.119. The standard InChI is InChI=1S/C14H21NO/c1-10(15)13(16)9-11-5-7-12(8-6-11)14(2,3)4/h5-8,10H,9,15H2,1-4H3. The number of carbonyl (C=O) groups excluding carboxylic acids is 1. The van der Waals surface area contributed by atoms with Gasteiger partial charge in [0.15, 0.2) is 5.78 Å². The topological polar surface area (TPSA) is 43.1 Å². The van der Waals surface area contributed by atoms with E-state index in [1.807, 2.05) is 12.1 Å². The van der Waals surface area contributed by atoms with Gasteiger partial charge < -0.3 is 5.73 Å². The van der Waals surface area contributed by atoms with Gasteiger partial charge in [-0.15, -0.1) is 0 Å². The molecular weight excluding hydrogens is 198 g/mol. The van der Waals surface area contributed by atoms with Gasteiger partial charge in [-0.25, -0.2) is 0 Å². The molecule has 0 aliphatic rings. The molecule has 0 spiro atoms. The number of rotatable bonds is 3. The van der Waals surface area contributed by atoms with E-state index in [4.69, 9.17) is 5.73 Å². The van der Waals surface area contributed by atoms with E-state index in [2.05, 4.69) is 32.9 Å². The highest BCUT2D eigenvalue weighted by Crippen LogP contribution is 2.22. The minimum atomic E-state index is -0.373. The van der Waals surface area contributed by atoms with Gasteiger partial charge in [-0.2, -0.15) is 0 Å². The first-order valence-corrected chi connectivity index (χ1v) is 5.68. The summed E-state index contributed by atoms with van der Waals surface area (Å²) in [6.45, 7) is 8.26. The molecule has 0 radical (unpaired) electrons. The number of ketones is 1. The quantitative estimate of drug-likeness (QED) is 0.848. The van der Waals surface area contributed by atoms with Crippen molar-refractivity contribution in [3.8, 4) is 0 Å². The molecule has 16 heavy (non-hydrogen) atoms. The number of carbonyl (C=O) groups is 1. The Bertz CT molecular complexity index is 357. The van der Waals surface area contributed by atoms with Crippen molar-refractivity contribution < 1.29 is 4.79 Å². The molecule has 1 rings (SSSR count). The molecular formula is C14H21NO. The predicted octanol–water partition coefficient (Wildman–Crippen LogP) is 2.44.